The van der Waals surface area contributed by atoms with Gasteiger partial charge in [-0.2, -0.15) is 0 Å². The molecule has 0 radical (unpaired) electrons. The van der Waals surface area contributed by atoms with Crippen molar-refractivity contribution in [2.75, 3.05) is 19.6 Å². The largest absolute Gasteiger partial charge is 0.314 e. The molecule has 2 aliphatic rings. The molecule has 2 aromatic rings. The van der Waals surface area contributed by atoms with Crippen LogP contribution in [-0.2, 0) is 6.54 Å². The summed E-state index contributed by atoms with van der Waals surface area (Å²) in [4.78, 5) is 6.92. The summed E-state index contributed by atoms with van der Waals surface area (Å²) in [6.07, 6.45) is 6.95. The fraction of sp³-hybridized carbons (Fsp3) is 0.526. The number of rotatable bonds is 3. The topological polar surface area (TPSA) is 28.2 Å². The van der Waals surface area contributed by atoms with Crippen molar-refractivity contribution in [3.63, 3.8) is 0 Å². The Bertz CT molecular complexity index is 673. The van der Waals surface area contributed by atoms with Crippen LogP contribution >= 0.6 is 0 Å². The highest BCUT2D eigenvalue weighted by Crippen LogP contribution is 2.27. The van der Waals surface area contributed by atoms with Gasteiger partial charge in [0.25, 0.3) is 0 Å². The van der Waals surface area contributed by atoms with Gasteiger partial charge in [0.15, 0.2) is 0 Å². The number of nitrogens with zero attached hydrogens (tertiary/aromatic N) is 2. The summed E-state index contributed by atoms with van der Waals surface area (Å²) in [5.74, 6) is 0.654. The normalized spacial score (nSPS) is 23.6. The Hall–Kier alpha value is -1.52. The third-order valence-electron chi connectivity index (χ3n) is 5.44. The van der Waals surface area contributed by atoms with Gasteiger partial charge < -0.3 is 5.32 Å². The Kier molecular flexibility index (Phi) is 4.27. The molecule has 1 atom stereocenters. The number of nitrogens with one attached hydrogen (secondary N) is 1. The summed E-state index contributed by atoms with van der Waals surface area (Å²) in [7, 11) is 0. The molecule has 1 unspecified atom stereocenters. The van der Waals surface area contributed by atoms with Crippen LogP contribution in [0.5, 0.6) is 0 Å². The van der Waals surface area contributed by atoms with E-state index in [1.807, 2.05) is 12.1 Å². The van der Waals surface area contributed by atoms with Gasteiger partial charge in [-0.05, 0) is 75.0 Å². The lowest BCUT2D eigenvalue weighted by Gasteiger charge is -2.35. The molecule has 0 amide bonds. The molecule has 0 bridgehead atoms. The quantitative estimate of drug-likeness (QED) is 0.942. The predicted octanol–water partition coefficient (Wildman–Crippen LogP) is 3.34. The predicted molar refractivity (Wildman–Crippen MR) is 90.7 cm³/mol. The number of hydrogen-bond donors (Lipinski definition) is 1. The first-order valence-electron chi connectivity index (χ1n) is 8.78. The van der Waals surface area contributed by atoms with E-state index in [2.05, 4.69) is 15.2 Å². The van der Waals surface area contributed by atoms with Crippen molar-refractivity contribution < 1.29 is 4.39 Å². The van der Waals surface area contributed by atoms with Gasteiger partial charge in [-0.3, -0.25) is 9.88 Å². The maximum absolute atomic E-state index is 13.9. The second-order valence-corrected chi connectivity index (χ2v) is 6.96. The standard InChI is InChI=1S/C19H24FN3/c20-17-11-15-3-1-8-22-19(15)16(12-17)13-23-9-5-14(6-10-23)18-4-2-7-21-18/h1,3,8,11-12,14,18,21H,2,4-7,9-10,13H2. The van der Waals surface area contributed by atoms with Gasteiger partial charge in [-0.15, -0.1) is 0 Å². The molecule has 0 saturated carbocycles. The fourth-order valence-electron chi connectivity index (χ4n) is 4.22. The summed E-state index contributed by atoms with van der Waals surface area (Å²) < 4.78 is 13.9. The van der Waals surface area contributed by atoms with E-state index in [0.29, 0.717) is 0 Å². The van der Waals surface area contributed by atoms with Crippen LogP contribution in [0, 0.1) is 11.7 Å². The maximum atomic E-state index is 13.9. The Balaban J connectivity index is 1.45. The maximum Gasteiger partial charge on any atom is 0.124 e. The smallest absolute Gasteiger partial charge is 0.124 e. The lowest BCUT2D eigenvalue weighted by Crippen LogP contribution is -2.40. The molecule has 2 aliphatic heterocycles. The summed E-state index contributed by atoms with van der Waals surface area (Å²) in [6, 6.07) is 7.76. The minimum absolute atomic E-state index is 0.162. The zero-order valence-electron chi connectivity index (χ0n) is 13.5. The van der Waals surface area contributed by atoms with Gasteiger partial charge in [-0.1, -0.05) is 6.07 Å². The van der Waals surface area contributed by atoms with Gasteiger partial charge in [0.1, 0.15) is 5.82 Å². The van der Waals surface area contributed by atoms with Crippen molar-refractivity contribution in [1.82, 2.24) is 15.2 Å². The average molecular weight is 313 g/mol. The van der Waals surface area contributed by atoms with E-state index in [9.17, 15) is 4.39 Å². The molecule has 0 spiro atoms. The molecule has 4 rings (SSSR count). The van der Waals surface area contributed by atoms with Crippen molar-refractivity contribution in [2.45, 2.75) is 38.3 Å². The second-order valence-electron chi connectivity index (χ2n) is 6.96. The summed E-state index contributed by atoms with van der Waals surface area (Å²) in [5.41, 5.74) is 1.95. The van der Waals surface area contributed by atoms with Gasteiger partial charge in [0.2, 0.25) is 0 Å². The van der Waals surface area contributed by atoms with Crippen LogP contribution in [0.2, 0.25) is 0 Å². The average Bonchev–Trinajstić information content (AvgIpc) is 3.10. The van der Waals surface area contributed by atoms with Crippen molar-refractivity contribution in [3.8, 4) is 0 Å². The van der Waals surface area contributed by atoms with Crippen molar-refractivity contribution in [3.05, 3.63) is 41.8 Å². The molecule has 3 nitrogen and oxygen atoms in total. The molecule has 4 heteroatoms. The first-order chi connectivity index (χ1) is 11.3. The van der Waals surface area contributed by atoms with Crippen LogP contribution in [0.3, 0.4) is 0 Å². The van der Waals surface area contributed by atoms with Crippen LogP contribution in [0.15, 0.2) is 30.5 Å². The molecule has 23 heavy (non-hydrogen) atoms. The van der Waals surface area contributed by atoms with Crippen LogP contribution in [0.25, 0.3) is 10.9 Å². The van der Waals surface area contributed by atoms with Gasteiger partial charge >= 0.3 is 0 Å². The van der Waals surface area contributed by atoms with Crippen molar-refractivity contribution in [1.29, 1.82) is 0 Å². The number of aromatic nitrogens is 1. The van der Waals surface area contributed by atoms with E-state index < -0.39 is 0 Å². The van der Waals surface area contributed by atoms with Gasteiger partial charge in [0, 0.05) is 24.2 Å². The van der Waals surface area contributed by atoms with E-state index in [1.165, 1.54) is 32.2 Å². The zero-order chi connectivity index (χ0) is 15.6. The van der Waals surface area contributed by atoms with Crippen LogP contribution in [0.4, 0.5) is 4.39 Å². The van der Waals surface area contributed by atoms with E-state index in [1.54, 1.807) is 18.3 Å². The molecule has 2 saturated heterocycles. The molecule has 0 aliphatic carbocycles. The SMILES string of the molecule is Fc1cc(CN2CCC(C3CCCN3)CC2)c2ncccc2c1. The van der Waals surface area contributed by atoms with Crippen LogP contribution < -0.4 is 5.32 Å². The number of likely N-dealkylation sites (tertiary alicyclic amines) is 1. The van der Waals surface area contributed by atoms with E-state index >= 15 is 0 Å². The number of benzene rings is 1. The molecular weight excluding hydrogens is 289 g/mol. The van der Waals surface area contributed by atoms with Gasteiger partial charge in [0.05, 0.1) is 5.52 Å². The van der Waals surface area contributed by atoms with Crippen LogP contribution in [-0.4, -0.2) is 35.6 Å². The van der Waals surface area contributed by atoms with E-state index in [4.69, 9.17) is 0 Å². The van der Waals surface area contributed by atoms with Gasteiger partial charge in [-0.25, -0.2) is 4.39 Å². The highest BCUT2D eigenvalue weighted by molar-refractivity contribution is 5.81. The van der Waals surface area contributed by atoms with Crippen molar-refractivity contribution in [2.24, 2.45) is 5.92 Å². The molecule has 3 heterocycles. The minimum Gasteiger partial charge on any atom is -0.314 e. The Labute approximate surface area is 136 Å². The number of halogens is 1. The number of hydrogen-bond acceptors (Lipinski definition) is 3. The van der Waals surface area contributed by atoms with Crippen LogP contribution in [0.1, 0.15) is 31.2 Å². The first kappa shape index (κ1) is 15.0. The molecule has 1 aromatic heterocycles. The minimum atomic E-state index is -0.162. The summed E-state index contributed by atoms with van der Waals surface area (Å²) in [5, 5.41) is 4.54. The number of pyridine rings is 1. The van der Waals surface area contributed by atoms with E-state index in [0.717, 1.165) is 48.1 Å². The third-order valence-corrected chi connectivity index (χ3v) is 5.44. The Morgan fingerprint density at radius 2 is 2.09 bits per heavy atom. The second kappa shape index (κ2) is 6.54. The fourth-order valence-corrected chi connectivity index (χ4v) is 4.22. The van der Waals surface area contributed by atoms with E-state index in [-0.39, 0.29) is 5.82 Å². The number of piperidine rings is 1. The lowest BCUT2D eigenvalue weighted by molar-refractivity contribution is 0.157. The highest BCUT2D eigenvalue weighted by Gasteiger charge is 2.28. The zero-order valence-corrected chi connectivity index (χ0v) is 13.5. The molecule has 122 valence electrons. The summed E-state index contributed by atoms with van der Waals surface area (Å²) >= 11 is 0. The van der Waals surface area contributed by atoms with Crippen molar-refractivity contribution >= 4 is 10.9 Å². The Morgan fingerprint density at radius 3 is 2.87 bits per heavy atom. The number of fused-ring (bicyclic) bond motifs is 1. The third kappa shape index (κ3) is 3.24. The Morgan fingerprint density at radius 1 is 1.22 bits per heavy atom. The molecule has 1 aromatic carbocycles. The summed E-state index contributed by atoms with van der Waals surface area (Å²) in [6.45, 7) is 4.20. The molecule has 2 fully saturated rings. The molecule has 1 N–H and O–H groups in total. The lowest BCUT2D eigenvalue weighted by atomic mass is 9.88. The monoisotopic (exact) mass is 313 g/mol. The molecular formula is C19H24FN3. The first-order valence-corrected chi connectivity index (χ1v) is 8.78. The highest BCUT2D eigenvalue weighted by atomic mass is 19.1.